The zero-order chi connectivity index (χ0) is 12.8. The van der Waals surface area contributed by atoms with Gasteiger partial charge in [0.1, 0.15) is 5.57 Å². The number of pyridine rings is 1. The molecule has 90 valence electrons. The average molecular weight is 233 g/mol. The molecule has 0 fully saturated rings. The summed E-state index contributed by atoms with van der Waals surface area (Å²) in [5, 5.41) is 0. The van der Waals surface area contributed by atoms with Gasteiger partial charge in [-0.25, -0.2) is 4.79 Å². The number of nitrogens with zero attached hydrogens (tertiary/aromatic N) is 1. The van der Waals surface area contributed by atoms with Gasteiger partial charge in [0, 0.05) is 12.4 Å². The van der Waals surface area contributed by atoms with Crippen LogP contribution in [-0.2, 0) is 14.3 Å². The standard InChI is InChI=1S/C13H15NO3/c1-4-17-13(16)12(10(3)15)6-11-5-9(2)7-14-8-11/h5-8H,4H2,1-3H3. The number of Topliss-reactive ketones (excluding diaryl/α,β-unsaturated/α-hetero) is 1. The van der Waals surface area contributed by atoms with Crippen LogP contribution in [0.25, 0.3) is 6.08 Å². The third kappa shape index (κ3) is 3.83. The van der Waals surface area contributed by atoms with Crippen LogP contribution in [0.4, 0.5) is 0 Å². The van der Waals surface area contributed by atoms with E-state index in [-0.39, 0.29) is 18.0 Å². The van der Waals surface area contributed by atoms with Crippen LogP contribution >= 0.6 is 0 Å². The number of ketones is 1. The van der Waals surface area contributed by atoms with Gasteiger partial charge in [0.05, 0.1) is 6.61 Å². The van der Waals surface area contributed by atoms with Crippen molar-refractivity contribution in [1.29, 1.82) is 0 Å². The van der Waals surface area contributed by atoms with E-state index < -0.39 is 5.97 Å². The summed E-state index contributed by atoms with van der Waals surface area (Å²) in [4.78, 5) is 26.9. The molecule has 4 nitrogen and oxygen atoms in total. The summed E-state index contributed by atoms with van der Waals surface area (Å²) in [5.41, 5.74) is 1.72. The van der Waals surface area contributed by atoms with Crippen molar-refractivity contribution < 1.29 is 14.3 Å². The third-order valence-corrected chi connectivity index (χ3v) is 2.08. The first-order valence-corrected chi connectivity index (χ1v) is 5.36. The molecule has 0 N–H and O–H groups in total. The van der Waals surface area contributed by atoms with Crippen molar-refractivity contribution >= 4 is 17.8 Å². The highest BCUT2D eigenvalue weighted by atomic mass is 16.5. The van der Waals surface area contributed by atoms with Crippen LogP contribution in [0.5, 0.6) is 0 Å². The Morgan fingerprint density at radius 2 is 2.12 bits per heavy atom. The molecule has 1 heterocycles. The zero-order valence-corrected chi connectivity index (χ0v) is 10.2. The van der Waals surface area contributed by atoms with E-state index in [0.717, 1.165) is 5.56 Å². The van der Waals surface area contributed by atoms with Crippen LogP contribution < -0.4 is 0 Å². The number of hydrogen-bond donors (Lipinski definition) is 0. The summed E-state index contributed by atoms with van der Waals surface area (Å²) in [6.07, 6.45) is 4.80. The van der Waals surface area contributed by atoms with Crippen molar-refractivity contribution in [3.63, 3.8) is 0 Å². The third-order valence-electron chi connectivity index (χ3n) is 2.08. The highest BCUT2D eigenvalue weighted by Crippen LogP contribution is 2.10. The van der Waals surface area contributed by atoms with Gasteiger partial charge in [0.2, 0.25) is 0 Å². The van der Waals surface area contributed by atoms with Gasteiger partial charge in [-0.3, -0.25) is 9.78 Å². The molecule has 0 amide bonds. The van der Waals surface area contributed by atoms with Crippen molar-refractivity contribution in [1.82, 2.24) is 4.98 Å². The number of hydrogen-bond acceptors (Lipinski definition) is 4. The van der Waals surface area contributed by atoms with Gasteiger partial charge in [-0.1, -0.05) is 0 Å². The molecule has 0 saturated heterocycles. The average Bonchev–Trinajstić information content (AvgIpc) is 2.26. The number of carbonyl (C=O) groups excluding carboxylic acids is 2. The lowest BCUT2D eigenvalue weighted by Gasteiger charge is -2.03. The molecule has 0 atom stereocenters. The van der Waals surface area contributed by atoms with E-state index in [2.05, 4.69) is 4.98 Å². The fraction of sp³-hybridized carbons (Fsp3) is 0.308. The zero-order valence-electron chi connectivity index (χ0n) is 10.2. The minimum Gasteiger partial charge on any atom is -0.462 e. The SMILES string of the molecule is CCOC(=O)C(=Cc1cncc(C)c1)C(C)=O. The first-order valence-electron chi connectivity index (χ1n) is 5.36. The first-order chi connectivity index (χ1) is 8.04. The second-order valence-corrected chi connectivity index (χ2v) is 3.63. The van der Waals surface area contributed by atoms with Gasteiger partial charge in [-0.2, -0.15) is 0 Å². The summed E-state index contributed by atoms with van der Waals surface area (Å²) in [6, 6.07) is 1.84. The minimum atomic E-state index is -0.596. The summed E-state index contributed by atoms with van der Waals surface area (Å²) in [6.45, 7) is 5.17. The van der Waals surface area contributed by atoms with E-state index in [4.69, 9.17) is 4.74 Å². The fourth-order valence-electron chi connectivity index (χ4n) is 1.34. The van der Waals surface area contributed by atoms with E-state index in [0.29, 0.717) is 5.56 Å². The molecule has 0 saturated carbocycles. The maximum atomic E-state index is 11.5. The second-order valence-electron chi connectivity index (χ2n) is 3.63. The largest absolute Gasteiger partial charge is 0.462 e. The molecule has 0 radical (unpaired) electrons. The van der Waals surface area contributed by atoms with E-state index in [1.807, 2.05) is 13.0 Å². The lowest BCUT2D eigenvalue weighted by molar-refractivity contribution is -0.139. The molecule has 0 aliphatic rings. The Morgan fingerprint density at radius 3 is 2.65 bits per heavy atom. The minimum absolute atomic E-state index is 0.0410. The Hall–Kier alpha value is -1.97. The van der Waals surface area contributed by atoms with Gasteiger partial charge in [0.25, 0.3) is 0 Å². The summed E-state index contributed by atoms with van der Waals surface area (Å²) < 4.78 is 4.82. The van der Waals surface area contributed by atoms with Gasteiger partial charge < -0.3 is 4.74 Å². The molecule has 1 aromatic rings. The lowest BCUT2D eigenvalue weighted by atomic mass is 10.1. The maximum absolute atomic E-state index is 11.5. The summed E-state index contributed by atoms with van der Waals surface area (Å²) in [5.74, 6) is -0.911. The molecular formula is C13H15NO3. The molecule has 1 rings (SSSR count). The number of aryl methyl sites for hydroxylation is 1. The highest BCUT2D eigenvalue weighted by molar-refractivity contribution is 6.19. The van der Waals surface area contributed by atoms with Crippen LogP contribution in [-0.4, -0.2) is 23.3 Å². The summed E-state index contributed by atoms with van der Waals surface area (Å²) in [7, 11) is 0. The van der Waals surface area contributed by atoms with Gasteiger partial charge in [0.15, 0.2) is 5.78 Å². The predicted molar refractivity (Wildman–Crippen MR) is 64.3 cm³/mol. The van der Waals surface area contributed by atoms with E-state index in [9.17, 15) is 9.59 Å². The molecule has 1 aromatic heterocycles. The van der Waals surface area contributed by atoms with E-state index in [1.165, 1.54) is 13.0 Å². The molecule has 0 aromatic carbocycles. The monoisotopic (exact) mass is 233 g/mol. The van der Waals surface area contributed by atoms with Crippen LogP contribution in [0.15, 0.2) is 24.0 Å². The maximum Gasteiger partial charge on any atom is 0.341 e. The molecule has 0 spiro atoms. The Kier molecular flexibility index (Phi) is 4.57. The molecule has 0 bridgehead atoms. The van der Waals surface area contributed by atoms with Gasteiger partial charge in [-0.05, 0) is 44.0 Å². The van der Waals surface area contributed by atoms with E-state index in [1.54, 1.807) is 19.3 Å². The molecule has 4 heteroatoms. The normalized spacial score (nSPS) is 11.1. The number of ether oxygens (including phenoxy) is 1. The molecular weight excluding hydrogens is 218 g/mol. The van der Waals surface area contributed by atoms with Crippen molar-refractivity contribution in [2.24, 2.45) is 0 Å². The highest BCUT2D eigenvalue weighted by Gasteiger charge is 2.15. The molecule has 0 unspecified atom stereocenters. The molecule has 0 aliphatic heterocycles. The topological polar surface area (TPSA) is 56.3 Å². The first kappa shape index (κ1) is 13.1. The number of esters is 1. The quantitative estimate of drug-likeness (QED) is 0.345. The van der Waals surface area contributed by atoms with Crippen molar-refractivity contribution in [2.45, 2.75) is 20.8 Å². The Balaban J connectivity index is 3.06. The summed E-state index contributed by atoms with van der Waals surface area (Å²) >= 11 is 0. The van der Waals surface area contributed by atoms with Crippen molar-refractivity contribution in [2.75, 3.05) is 6.61 Å². The van der Waals surface area contributed by atoms with Crippen LogP contribution in [0.2, 0.25) is 0 Å². The second kappa shape index (κ2) is 5.94. The molecule has 0 aliphatic carbocycles. The van der Waals surface area contributed by atoms with Gasteiger partial charge >= 0.3 is 5.97 Å². The van der Waals surface area contributed by atoms with Crippen LogP contribution in [0.1, 0.15) is 25.0 Å². The van der Waals surface area contributed by atoms with Crippen LogP contribution in [0.3, 0.4) is 0 Å². The molecule has 17 heavy (non-hydrogen) atoms. The van der Waals surface area contributed by atoms with Crippen molar-refractivity contribution in [3.05, 3.63) is 35.2 Å². The predicted octanol–water partition coefficient (Wildman–Crippen LogP) is 1.93. The van der Waals surface area contributed by atoms with E-state index >= 15 is 0 Å². The Labute approximate surface area is 100 Å². The Morgan fingerprint density at radius 1 is 1.41 bits per heavy atom. The number of carbonyl (C=O) groups is 2. The number of rotatable bonds is 4. The Bertz CT molecular complexity index is 463. The fourth-order valence-corrected chi connectivity index (χ4v) is 1.34. The lowest BCUT2D eigenvalue weighted by Crippen LogP contribution is -2.13. The van der Waals surface area contributed by atoms with Gasteiger partial charge in [-0.15, -0.1) is 0 Å². The smallest absolute Gasteiger partial charge is 0.341 e. The van der Waals surface area contributed by atoms with Crippen LogP contribution in [0, 0.1) is 6.92 Å². The number of aromatic nitrogens is 1. The van der Waals surface area contributed by atoms with Crippen molar-refractivity contribution in [3.8, 4) is 0 Å².